The fraction of sp³-hybridized carbons (Fsp3) is 0.133. The van der Waals surface area contributed by atoms with E-state index in [4.69, 9.17) is 0 Å². The molecule has 2 nitrogen and oxygen atoms in total. The van der Waals surface area contributed by atoms with E-state index < -0.39 is 0 Å². The van der Waals surface area contributed by atoms with Crippen LogP contribution in [0.3, 0.4) is 0 Å². The van der Waals surface area contributed by atoms with Gasteiger partial charge in [0, 0.05) is 12.6 Å². The second-order valence-corrected chi connectivity index (χ2v) is 5.69. The summed E-state index contributed by atoms with van der Waals surface area (Å²) in [6.45, 7) is 0.727. The van der Waals surface area contributed by atoms with E-state index in [2.05, 4.69) is 17.4 Å². The normalized spacial score (nSPS) is 11.3. The van der Waals surface area contributed by atoms with Crippen LogP contribution in [0.5, 0.6) is 0 Å². The smallest absolute Gasteiger partial charge is 0.198 e. The molecule has 1 heterocycles. The standard InChI is InChI=1S/C15H15NOS2/c1-18-15(10-13(17)14-8-5-9-19-14)16-11-12-6-3-2-4-7-12/h2-10,16H,11H2,1H3/b15-10-. The molecule has 1 N–H and O–H groups in total. The van der Waals surface area contributed by atoms with E-state index in [0.717, 1.165) is 16.5 Å². The first kappa shape index (κ1) is 13.9. The number of thiophene rings is 1. The van der Waals surface area contributed by atoms with Gasteiger partial charge in [-0.15, -0.1) is 23.1 Å². The quantitative estimate of drug-likeness (QED) is 0.645. The first-order valence-electron chi connectivity index (χ1n) is 5.91. The van der Waals surface area contributed by atoms with Gasteiger partial charge >= 0.3 is 0 Å². The third-order valence-electron chi connectivity index (χ3n) is 2.56. The Hall–Kier alpha value is -1.52. The van der Waals surface area contributed by atoms with Crippen LogP contribution in [-0.2, 0) is 6.54 Å². The molecule has 0 fully saturated rings. The van der Waals surface area contributed by atoms with E-state index in [9.17, 15) is 4.79 Å². The Balaban J connectivity index is 1.98. The largest absolute Gasteiger partial charge is 0.376 e. The number of rotatable bonds is 6. The summed E-state index contributed by atoms with van der Waals surface area (Å²) in [7, 11) is 0. The van der Waals surface area contributed by atoms with E-state index >= 15 is 0 Å². The number of benzene rings is 1. The van der Waals surface area contributed by atoms with Gasteiger partial charge in [0.05, 0.1) is 9.91 Å². The lowest BCUT2D eigenvalue weighted by Crippen LogP contribution is -2.11. The molecule has 0 aliphatic heterocycles. The number of thioether (sulfide) groups is 1. The molecule has 0 radical (unpaired) electrons. The molecule has 2 rings (SSSR count). The van der Waals surface area contributed by atoms with Crippen molar-refractivity contribution in [1.82, 2.24) is 5.32 Å². The van der Waals surface area contributed by atoms with Crippen LogP contribution >= 0.6 is 23.1 Å². The fourth-order valence-corrected chi connectivity index (χ4v) is 2.65. The molecule has 0 saturated carbocycles. The molecular weight excluding hydrogens is 274 g/mol. The number of hydrogen-bond acceptors (Lipinski definition) is 4. The highest BCUT2D eigenvalue weighted by Gasteiger charge is 2.05. The Morgan fingerprint density at radius 3 is 2.68 bits per heavy atom. The highest BCUT2D eigenvalue weighted by atomic mass is 32.2. The van der Waals surface area contributed by atoms with E-state index in [1.807, 2.05) is 42.0 Å². The van der Waals surface area contributed by atoms with Crippen molar-refractivity contribution in [3.8, 4) is 0 Å². The molecule has 0 amide bonds. The van der Waals surface area contributed by atoms with Crippen LogP contribution in [-0.4, -0.2) is 12.0 Å². The van der Waals surface area contributed by atoms with Crippen molar-refractivity contribution < 1.29 is 4.79 Å². The van der Waals surface area contributed by atoms with Crippen LogP contribution in [0.25, 0.3) is 0 Å². The highest BCUT2D eigenvalue weighted by Crippen LogP contribution is 2.14. The predicted octanol–water partition coefficient (Wildman–Crippen LogP) is 3.93. The van der Waals surface area contributed by atoms with Crippen LogP contribution in [0.15, 0.2) is 58.9 Å². The van der Waals surface area contributed by atoms with Crippen LogP contribution in [0, 0.1) is 0 Å². The Bertz CT molecular complexity index is 547. The van der Waals surface area contributed by atoms with Gasteiger partial charge in [-0.25, -0.2) is 0 Å². The van der Waals surface area contributed by atoms with Crippen molar-refractivity contribution in [2.24, 2.45) is 0 Å². The van der Waals surface area contributed by atoms with E-state index in [1.165, 1.54) is 16.9 Å². The SMILES string of the molecule is CS/C(=C\C(=O)c1cccs1)NCc1ccccc1. The van der Waals surface area contributed by atoms with Crippen LogP contribution in [0.4, 0.5) is 0 Å². The monoisotopic (exact) mass is 289 g/mol. The van der Waals surface area contributed by atoms with Gasteiger partial charge in [-0.1, -0.05) is 36.4 Å². The number of nitrogens with one attached hydrogen (secondary N) is 1. The molecule has 0 bridgehead atoms. The lowest BCUT2D eigenvalue weighted by atomic mass is 10.2. The van der Waals surface area contributed by atoms with Gasteiger partial charge in [0.15, 0.2) is 5.78 Å². The second kappa shape index (κ2) is 7.16. The molecule has 1 aromatic heterocycles. The lowest BCUT2D eigenvalue weighted by molar-refractivity contribution is 0.105. The summed E-state index contributed by atoms with van der Waals surface area (Å²) in [6.07, 6.45) is 3.63. The Labute approximate surface area is 121 Å². The molecule has 4 heteroatoms. The fourth-order valence-electron chi connectivity index (χ4n) is 1.58. The first-order chi connectivity index (χ1) is 9.29. The van der Waals surface area contributed by atoms with Crippen molar-refractivity contribution in [2.75, 3.05) is 6.26 Å². The summed E-state index contributed by atoms with van der Waals surface area (Å²) in [6, 6.07) is 13.9. The van der Waals surface area contributed by atoms with Crippen molar-refractivity contribution >= 4 is 28.9 Å². The zero-order valence-corrected chi connectivity index (χ0v) is 12.3. The highest BCUT2D eigenvalue weighted by molar-refractivity contribution is 8.02. The molecule has 0 saturated heterocycles. The number of allylic oxidation sites excluding steroid dienone is 1. The summed E-state index contributed by atoms with van der Waals surface area (Å²) in [5, 5.41) is 6.09. The van der Waals surface area contributed by atoms with Gasteiger partial charge in [0.2, 0.25) is 0 Å². The summed E-state index contributed by atoms with van der Waals surface area (Å²) in [5.74, 6) is 0.0555. The topological polar surface area (TPSA) is 29.1 Å². The molecule has 1 aromatic carbocycles. The first-order valence-corrected chi connectivity index (χ1v) is 8.01. The maximum atomic E-state index is 12.0. The van der Waals surface area contributed by atoms with Crippen molar-refractivity contribution in [1.29, 1.82) is 0 Å². The predicted molar refractivity (Wildman–Crippen MR) is 83.5 cm³/mol. The maximum absolute atomic E-state index is 12.0. The minimum Gasteiger partial charge on any atom is -0.376 e. The molecule has 0 aliphatic rings. The van der Waals surface area contributed by atoms with Crippen LogP contribution in [0.1, 0.15) is 15.2 Å². The van der Waals surface area contributed by atoms with Gasteiger partial charge in [0.1, 0.15) is 0 Å². The molecule has 98 valence electrons. The van der Waals surface area contributed by atoms with Gasteiger partial charge in [-0.2, -0.15) is 0 Å². The third kappa shape index (κ3) is 4.26. The molecule has 0 aliphatic carbocycles. The van der Waals surface area contributed by atoms with Crippen molar-refractivity contribution in [2.45, 2.75) is 6.54 Å². The Morgan fingerprint density at radius 1 is 1.26 bits per heavy atom. The zero-order chi connectivity index (χ0) is 13.5. The van der Waals surface area contributed by atoms with Crippen molar-refractivity contribution in [3.05, 3.63) is 69.4 Å². The molecule has 0 atom stereocenters. The Morgan fingerprint density at radius 2 is 2.05 bits per heavy atom. The molecule has 0 unspecified atom stereocenters. The van der Waals surface area contributed by atoms with E-state index in [-0.39, 0.29) is 5.78 Å². The zero-order valence-electron chi connectivity index (χ0n) is 10.6. The molecule has 0 spiro atoms. The summed E-state index contributed by atoms with van der Waals surface area (Å²) >= 11 is 3.02. The lowest BCUT2D eigenvalue weighted by Gasteiger charge is -2.08. The van der Waals surface area contributed by atoms with E-state index in [1.54, 1.807) is 17.8 Å². The molecular formula is C15H15NOS2. The summed E-state index contributed by atoms with van der Waals surface area (Å²) < 4.78 is 0. The van der Waals surface area contributed by atoms with Gasteiger partial charge in [-0.3, -0.25) is 4.79 Å². The van der Waals surface area contributed by atoms with Gasteiger partial charge < -0.3 is 5.32 Å². The maximum Gasteiger partial charge on any atom is 0.198 e. The van der Waals surface area contributed by atoms with E-state index in [0.29, 0.717) is 0 Å². The van der Waals surface area contributed by atoms with Gasteiger partial charge in [0.25, 0.3) is 0 Å². The minimum absolute atomic E-state index is 0.0555. The Kier molecular flexibility index (Phi) is 5.24. The second-order valence-electron chi connectivity index (χ2n) is 3.89. The van der Waals surface area contributed by atoms with Gasteiger partial charge in [-0.05, 0) is 23.3 Å². The third-order valence-corrected chi connectivity index (χ3v) is 4.14. The number of carbonyl (C=O) groups excluding carboxylic acids is 1. The number of hydrogen-bond donors (Lipinski definition) is 1. The van der Waals surface area contributed by atoms with Crippen LogP contribution < -0.4 is 5.32 Å². The average Bonchev–Trinajstić information content (AvgIpc) is 2.98. The number of ketones is 1. The van der Waals surface area contributed by atoms with Crippen molar-refractivity contribution in [3.63, 3.8) is 0 Å². The van der Waals surface area contributed by atoms with Crippen LogP contribution in [0.2, 0.25) is 0 Å². The molecule has 19 heavy (non-hydrogen) atoms. The summed E-state index contributed by atoms with van der Waals surface area (Å²) in [5.41, 5.74) is 1.20. The molecule has 2 aromatic rings. The number of carbonyl (C=O) groups is 1. The summed E-state index contributed by atoms with van der Waals surface area (Å²) in [4.78, 5) is 12.7. The average molecular weight is 289 g/mol. The minimum atomic E-state index is 0.0555.